The van der Waals surface area contributed by atoms with Crippen molar-refractivity contribution in [3.8, 4) is 11.5 Å². The molecule has 1 fully saturated rings. The van der Waals surface area contributed by atoms with E-state index in [0.29, 0.717) is 34.9 Å². The molecular formula is C30H33NO7. The summed E-state index contributed by atoms with van der Waals surface area (Å²) in [5, 5.41) is 0. The summed E-state index contributed by atoms with van der Waals surface area (Å²) in [6, 6.07) is 14.6. The SMILES string of the molecule is CCOC(=O)C1=C(C)N=C2C[C@@H](c3ccccc3OC)[C@H](C(=O)OCC)C(=O)C2[C@@H]1c1ccc(OC)cc1. The summed E-state index contributed by atoms with van der Waals surface area (Å²) in [4.78, 5) is 45.7. The number of benzene rings is 2. The van der Waals surface area contributed by atoms with Gasteiger partial charge in [-0.25, -0.2) is 4.79 Å². The van der Waals surface area contributed by atoms with E-state index >= 15 is 0 Å². The van der Waals surface area contributed by atoms with Crippen LogP contribution in [0.2, 0.25) is 0 Å². The zero-order chi connectivity index (χ0) is 27.4. The number of Topliss-reactive ketones (excluding diaryl/α,β-unsaturated/α-hetero) is 1. The molecule has 1 saturated carbocycles. The molecule has 2 aromatic rings. The van der Waals surface area contributed by atoms with Gasteiger partial charge in [0.1, 0.15) is 17.4 Å². The molecule has 0 amide bonds. The van der Waals surface area contributed by atoms with Crippen molar-refractivity contribution in [2.45, 2.75) is 39.0 Å². The Morgan fingerprint density at radius 1 is 0.921 bits per heavy atom. The molecule has 4 rings (SSSR count). The summed E-state index contributed by atoms with van der Waals surface area (Å²) in [6.45, 7) is 5.52. The normalized spacial score (nSPS) is 22.8. The van der Waals surface area contributed by atoms with Gasteiger partial charge in [-0.3, -0.25) is 14.6 Å². The average Bonchev–Trinajstić information content (AvgIpc) is 2.92. The third-order valence-electron chi connectivity index (χ3n) is 7.20. The largest absolute Gasteiger partial charge is 0.497 e. The quantitative estimate of drug-likeness (QED) is 0.370. The Hall–Kier alpha value is -3.94. The monoisotopic (exact) mass is 519 g/mol. The lowest BCUT2D eigenvalue weighted by molar-refractivity contribution is -0.153. The number of carbonyl (C=O) groups excluding carboxylic acids is 3. The van der Waals surface area contributed by atoms with Crippen molar-refractivity contribution in [2.24, 2.45) is 16.8 Å². The van der Waals surface area contributed by atoms with Gasteiger partial charge in [0, 0.05) is 23.2 Å². The predicted octanol–water partition coefficient (Wildman–Crippen LogP) is 4.63. The third kappa shape index (κ3) is 4.95. The van der Waals surface area contributed by atoms with Gasteiger partial charge in [-0.1, -0.05) is 30.3 Å². The number of aliphatic imine (C=N–C) groups is 1. The maximum absolute atomic E-state index is 14.4. The lowest BCUT2D eigenvalue weighted by atomic mass is 9.62. The van der Waals surface area contributed by atoms with E-state index < -0.39 is 35.6 Å². The summed E-state index contributed by atoms with van der Waals surface area (Å²) in [5.74, 6) is -3.33. The summed E-state index contributed by atoms with van der Waals surface area (Å²) < 4.78 is 21.7. The fourth-order valence-corrected chi connectivity index (χ4v) is 5.59. The van der Waals surface area contributed by atoms with E-state index in [9.17, 15) is 14.4 Å². The van der Waals surface area contributed by atoms with Crippen molar-refractivity contribution in [3.05, 3.63) is 70.9 Å². The highest BCUT2D eigenvalue weighted by Gasteiger charge is 2.53. The van der Waals surface area contributed by atoms with Gasteiger partial charge in [-0.2, -0.15) is 0 Å². The molecule has 1 unspecified atom stereocenters. The molecule has 38 heavy (non-hydrogen) atoms. The predicted molar refractivity (Wildman–Crippen MR) is 141 cm³/mol. The number of hydrogen-bond acceptors (Lipinski definition) is 8. The molecule has 0 radical (unpaired) electrons. The van der Waals surface area contributed by atoms with Crippen LogP contribution in [-0.2, 0) is 23.9 Å². The number of carbonyl (C=O) groups is 3. The first-order valence-corrected chi connectivity index (χ1v) is 12.8. The van der Waals surface area contributed by atoms with Crippen molar-refractivity contribution in [1.82, 2.24) is 0 Å². The van der Waals surface area contributed by atoms with Crippen LogP contribution in [-0.4, -0.2) is 50.9 Å². The van der Waals surface area contributed by atoms with Crippen LogP contribution in [0.15, 0.2) is 64.8 Å². The van der Waals surface area contributed by atoms with Gasteiger partial charge in [-0.15, -0.1) is 0 Å². The second-order valence-corrected chi connectivity index (χ2v) is 9.24. The van der Waals surface area contributed by atoms with Gasteiger partial charge in [0.15, 0.2) is 5.78 Å². The summed E-state index contributed by atoms with van der Waals surface area (Å²) in [5.41, 5.74) is 2.91. The molecular weight excluding hydrogens is 486 g/mol. The number of nitrogens with zero attached hydrogens (tertiary/aromatic N) is 1. The molecule has 2 aliphatic rings. The second kappa shape index (κ2) is 11.6. The molecule has 0 spiro atoms. The number of esters is 2. The number of allylic oxidation sites excluding steroid dienone is 1. The highest BCUT2D eigenvalue weighted by atomic mass is 16.5. The zero-order valence-electron chi connectivity index (χ0n) is 22.4. The van der Waals surface area contributed by atoms with Crippen molar-refractivity contribution < 1.29 is 33.3 Å². The van der Waals surface area contributed by atoms with E-state index in [2.05, 4.69) is 0 Å². The second-order valence-electron chi connectivity index (χ2n) is 9.24. The van der Waals surface area contributed by atoms with E-state index in [-0.39, 0.29) is 19.0 Å². The lowest BCUT2D eigenvalue weighted by Gasteiger charge is -2.41. The number of fused-ring (bicyclic) bond motifs is 1. The van der Waals surface area contributed by atoms with Gasteiger partial charge < -0.3 is 18.9 Å². The molecule has 2 aromatic carbocycles. The number of methoxy groups -OCH3 is 2. The van der Waals surface area contributed by atoms with Crippen molar-refractivity contribution >= 4 is 23.4 Å². The van der Waals surface area contributed by atoms with E-state index in [4.69, 9.17) is 23.9 Å². The molecule has 4 atom stereocenters. The minimum Gasteiger partial charge on any atom is -0.497 e. The molecule has 0 N–H and O–H groups in total. The van der Waals surface area contributed by atoms with Gasteiger partial charge in [0.25, 0.3) is 0 Å². The van der Waals surface area contributed by atoms with Crippen LogP contribution < -0.4 is 9.47 Å². The molecule has 0 bridgehead atoms. The minimum atomic E-state index is -1.09. The smallest absolute Gasteiger partial charge is 0.336 e. The highest BCUT2D eigenvalue weighted by molar-refractivity contribution is 6.18. The maximum atomic E-state index is 14.4. The average molecular weight is 520 g/mol. The van der Waals surface area contributed by atoms with E-state index in [1.54, 1.807) is 53.2 Å². The number of hydrogen-bond donors (Lipinski definition) is 0. The van der Waals surface area contributed by atoms with Crippen molar-refractivity contribution in [3.63, 3.8) is 0 Å². The van der Waals surface area contributed by atoms with Crippen LogP contribution in [0.1, 0.15) is 50.2 Å². The van der Waals surface area contributed by atoms with E-state index in [0.717, 1.165) is 11.1 Å². The van der Waals surface area contributed by atoms with Crippen molar-refractivity contribution in [1.29, 1.82) is 0 Å². The summed E-state index contributed by atoms with van der Waals surface area (Å²) in [7, 11) is 3.13. The van der Waals surface area contributed by atoms with E-state index in [1.807, 2.05) is 30.3 Å². The molecule has 200 valence electrons. The summed E-state index contributed by atoms with van der Waals surface area (Å²) >= 11 is 0. The number of rotatable bonds is 8. The Balaban J connectivity index is 1.90. The first-order chi connectivity index (χ1) is 18.4. The first-order valence-electron chi connectivity index (χ1n) is 12.8. The van der Waals surface area contributed by atoms with Crippen LogP contribution >= 0.6 is 0 Å². The highest BCUT2D eigenvalue weighted by Crippen LogP contribution is 2.49. The molecule has 0 aromatic heterocycles. The topological polar surface area (TPSA) is 100 Å². The third-order valence-corrected chi connectivity index (χ3v) is 7.20. The van der Waals surface area contributed by atoms with Crippen LogP contribution in [0.5, 0.6) is 11.5 Å². The Kier molecular flexibility index (Phi) is 8.29. The Labute approximate surface area is 222 Å². The van der Waals surface area contributed by atoms with Crippen LogP contribution in [0.3, 0.4) is 0 Å². The zero-order valence-corrected chi connectivity index (χ0v) is 22.4. The van der Waals surface area contributed by atoms with E-state index in [1.165, 1.54) is 0 Å². The van der Waals surface area contributed by atoms with Crippen molar-refractivity contribution in [2.75, 3.05) is 27.4 Å². The Bertz CT molecular complexity index is 1280. The molecule has 8 heteroatoms. The molecule has 8 nitrogen and oxygen atoms in total. The fourth-order valence-electron chi connectivity index (χ4n) is 5.59. The maximum Gasteiger partial charge on any atom is 0.336 e. The van der Waals surface area contributed by atoms with Crippen LogP contribution in [0.4, 0.5) is 0 Å². The standard InChI is InChI=1S/C30H33NO7/c1-6-37-29(33)24-17(3)31-22-16-21(20-10-8-9-11-23(20)36-5)26(30(34)38-7-2)28(32)27(22)25(24)18-12-14-19(35-4)15-13-18/h8-15,21,25-27H,6-7,16H2,1-5H3/t21-,25+,26-,27?/m0/s1. The lowest BCUT2D eigenvalue weighted by Crippen LogP contribution is -2.48. The van der Waals surface area contributed by atoms with Crippen LogP contribution in [0, 0.1) is 11.8 Å². The van der Waals surface area contributed by atoms with Gasteiger partial charge >= 0.3 is 11.9 Å². The first kappa shape index (κ1) is 27.1. The van der Waals surface area contributed by atoms with Gasteiger partial charge in [-0.05, 0) is 56.5 Å². The number of para-hydroxylation sites is 1. The Morgan fingerprint density at radius 3 is 2.24 bits per heavy atom. The molecule has 0 saturated heterocycles. The molecule has 1 aliphatic heterocycles. The summed E-state index contributed by atoms with van der Waals surface area (Å²) in [6.07, 6.45) is 0.334. The van der Waals surface area contributed by atoms with Gasteiger partial charge in [0.05, 0.1) is 38.9 Å². The fraction of sp³-hybridized carbons (Fsp3) is 0.400. The number of ketones is 1. The Morgan fingerprint density at radius 2 is 1.61 bits per heavy atom. The molecule has 1 aliphatic carbocycles. The molecule has 1 heterocycles. The van der Waals surface area contributed by atoms with Crippen LogP contribution in [0.25, 0.3) is 0 Å². The minimum absolute atomic E-state index is 0.141. The number of ether oxygens (including phenoxy) is 4. The van der Waals surface area contributed by atoms with Gasteiger partial charge in [0.2, 0.25) is 0 Å².